The standard InChI is InChI=1S/C28H23N3O/c1-4-24-19-10-6-5-9-18(19)21-14-13-20-23(16(2)30-17(3)27(21)31-24)15-29-28-26(20)22-11-7-8-12-25(22)32-28/h4-12,15,21,27H,1,3,13-14H2,2H3/b30-16-. The number of rotatable bonds is 1. The van der Waals surface area contributed by atoms with Gasteiger partial charge in [-0.2, -0.15) is 0 Å². The minimum Gasteiger partial charge on any atom is -0.438 e. The number of para-hydroxylation sites is 1. The Balaban J connectivity index is 1.58. The second-order valence-electron chi connectivity index (χ2n) is 8.51. The third-order valence-corrected chi connectivity index (χ3v) is 6.75. The van der Waals surface area contributed by atoms with Crippen LogP contribution in [0.1, 0.15) is 41.5 Å². The molecule has 4 nitrogen and oxygen atoms in total. The number of pyridine rings is 1. The fourth-order valence-corrected chi connectivity index (χ4v) is 5.28. The van der Waals surface area contributed by atoms with Crippen LogP contribution in [0.3, 0.4) is 0 Å². The van der Waals surface area contributed by atoms with Crippen LogP contribution >= 0.6 is 0 Å². The number of fused-ring (bicyclic) bond motifs is 8. The summed E-state index contributed by atoms with van der Waals surface area (Å²) in [4.78, 5) is 14.6. The lowest BCUT2D eigenvalue weighted by molar-refractivity contribution is 0.541. The first-order chi connectivity index (χ1) is 15.7. The molecule has 0 spiro atoms. The summed E-state index contributed by atoms with van der Waals surface area (Å²) >= 11 is 0. The average molecular weight is 418 g/mol. The van der Waals surface area contributed by atoms with Gasteiger partial charge in [0.15, 0.2) is 0 Å². The van der Waals surface area contributed by atoms with Crippen molar-refractivity contribution in [2.45, 2.75) is 31.7 Å². The number of aryl methyl sites for hydroxylation is 1. The van der Waals surface area contributed by atoms with Gasteiger partial charge in [0, 0.05) is 34.3 Å². The first-order valence-corrected chi connectivity index (χ1v) is 11.0. The van der Waals surface area contributed by atoms with E-state index in [4.69, 9.17) is 14.4 Å². The third-order valence-electron chi connectivity index (χ3n) is 6.75. The Morgan fingerprint density at radius 3 is 2.75 bits per heavy atom. The molecule has 2 aliphatic rings. The molecule has 4 aromatic rings. The minimum atomic E-state index is -0.105. The normalized spacial score (nSPS) is 22.0. The zero-order chi connectivity index (χ0) is 21.8. The second-order valence-corrected chi connectivity index (χ2v) is 8.51. The van der Waals surface area contributed by atoms with Gasteiger partial charge < -0.3 is 4.42 Å². The number of aromatic nitrogens is 1. The zero-order valence-electron chi connectivity index (χ0n) is 18.0. The average Bonchev–Trinajstić information content (AvgIpc) is 3.21. The van der Waals surface area contributed by atoms with E-state index in [1.807, 2.05) is 37.4 Å². The highest BCUT2D eigenvalue weighted by molar-refractivity contribution is 6.12. The number of benzene rings is 2. The molecule has 2 unspecified atom stereocenters. The number of hydrogen-bond acceptors (Lipinski definition) is 4. The SMILES string of the molecule is C=CC1=NC2C(=C)/N=C(/C)c3cnc4oc5ccccc5c4c3CCC2c2ccccc21. The van der Waals surface area contributed by atoms with Gasteiger partial charge in [0.05, 0.1) is 22.8 Å². The van der Waals surface area contributed by atoms with E-state index in [1.54, 1.807) is 0 Å². The number of furan rings is 1. The molecular weight excluding hydrogens is 394 g/mol. The van der Waals surface area contributed by atoms with Crippen LogP contribution in [0, 0.1) is 0 Å². The summed E-state index contributed by atoms with van der Waals surface area (Å²) in [6.07, 6.45) is 5.55. The largest absolute Gasteiger partial charge is 0.438 e. The predicted octanol–water partition coefficient (Wildman–Crippen LogP) is 6.39. The summed E-state index contributed by atoms with van der Waals surface area (Å²) < 4.78 is 6.07. The topological polar surface area (TPSA) is 50.8 Å². The highest BCUT2D eigenvalue weighted by Gasteiger charge is 2.33. The highest BCUT2D eigenvalue weighted by Crippen LogP contribution is 2.41. The van der Waals surface area contributed by atoms with Gasteiger partial charge in [-0.3, -0.25) is 9.98 Å². The van der Waals surface area contributed by atoms with Gasteiger partial charge in [-0.15, -0.1) is 0 Å². The van der Waals surface area contributed by atoms with Gasteiger partial charge in [0.1, 0.15) is 5.58 Å². The van der Waals surface area contributed by atoms with Crippen molar-refractivity contribution in [3.8, 4) is 0 Å². The van der Waals surface area contributed by atoms with Crippen molar-refractivity contribution >= 4 is 33.5 Å². The maximum Gasteiger partial charge on any atom is 0.227 e. The predicted molar refractivity (Wildman–Crippen MR) is 131 cm³/mol. The lowest BCUT2D eigenvalue weighted by Gasteiger charge is -2.31. The van der Waals surface area contributed by atoms with E-state index in [9.17, 15) is 0 Å². The molecule has 0 aliphatic carbocycles. The van der Waals surface area contributed by atoms with Crippen LogP contribution in [-0.2, 0) is 6.42 Å². The molecule has 0 N–H and O–H groups in total. The van der Waals surface area contributed by atoms with Crippen LogP contribution in [0.15, 0.2) is 94.1 Å². The summed E-state index contributed by atoms with van der Waals surface area (Å²) in [7, 11) is 0. The van der Waals surface area contributed by atoms with Crippen LogP contribution in [0.25, 0.3) is 22.1 Å². The molecule has 2 atom stereocenters. The number of nitrogens with zero attached hydrogens (tertiary/aromatic N) is 3. The van der Waals surface area contributed by atoms with Crippen LogP contribution in [0.5, 0.6) is 0 Å². The van der Waals surface area contributed by atoms with Gasteiger partial charge in [-0.25, -0.2) is 4.98 Å². The van der Waals surface area contributed by atoms with E-state index in [0.717, 1.165) is 57.4 Å². The fourth-order valence-electron chi connectivity index (χ4n) is 5.28. The number of hydrogen-bond donors (Lipinski definition) is 0. The first kappa shape index (κ1) is 18.9. The van der Waals surface area contributed by atoms with Crippen molar-refractivity contribution in [3.63, 3.8) is 0 Å². The van der Waals surface area contributed by atoms with E-state index in [2.05, 4.69) is 48.5 Å². The monoisotopic (exact) mass is 417 g/mol. The van der Waals surface area contributed by atoms with Gasteiger partial charge in [0.25, 0.3) is 0 Å². The van der Waals surface area contributed by atoms with Gasteiger partial charge >= 0.3 is 0 Å². The maximum absolute atomic E-state index is 6.07. The lowest BCUT2D eigenvalue weighted by Crippen LogP contribution is -2.27. The van der Waals surface area contributed by atoms with Crippen molar-refractivity contribution in [2.24, 2.45) is 9.98 Å². The van der Waals surface area contributed by atoms with Crippen LogP contribution < -0.4 is 0 Å². The molecule has 0 radical (unpaired) electrons. The molecule has 156 valence electrons. The number of aliphatic imine (C=N–C) groups is 2. The Morgan fingerprint density at radius 1 is 1.06 bits per heavy atom. The van der Waals surface area contributed by atoms with Crippen LogP contribution in [0.4, 0.5) is 0 Å². The summed E-state index contributed by atoms with van der Waals surface area (Å²) in [5.41, 5.74) is 8.92. The van der Waals surface area contributed by atoms with Gasteiger partial charge in [-0.05, 0) is 43.0 Å². The molecule has 32 heavy (non-hydrogen) atoms. The Bertz CT molecular complexity index is 1490. The van der Waals surface area contributed by atoms with E-state index >= 15 is 0 Å². The third kappa shape index (κ3) is 2.72. The zero-order valence-corrected chi connectivity index (χ0v) is 18.0. The van der Waals surface area contributed by atoms with E-state index < -0.39 is 0 Å². The Labute approximate surface area is 186 Å². The molecule has 2 aromatic carbocycles. The number of allylic oxidation sites excluding steroid dienone is 1. The molecule has 2 aromatic heterocycles. The van der Waals surface area contributed by atoms with Crippen molar-refractivity contribution in [3.05, 3.63) is 102 Å². The molecule has 2 aliphatic heterocycles. The molecule has 0 amide bonds. The molecule has 4 heteroatoms. The van der Waals surface area contributed by atoms with Gasteiger partial charge in [-0.1, -0.05) is 55.6 Å². The summed E-state index contributed by atoms with van der Waals surface area (Å²) in [5, 5.41) is 2.20. The molecular formula is C28H23N3O. The molecule has 0 saturated carbocycles. The van der Waals surface area contributed by atoms with Crippen LogP contribution in [-0.4, -0.2) is 22.4 Å². The quantitative estimate of drug-likeness (QED) is 0.360. The lowest BCUT2D eigenvalue weighted by atomic mass is 9.79. The summed E-state index contributed by atoms with van der Waals surface area (Å²) in [5.74, 6) is 0.200. The van der Waals surface area contributed by atoms with Gasteiger partial charge in [0.2, 0.25) is 5.71 Å². The van der Waals surface area contributed by atoms with Crippen molar-refractivity contribution in [1.29, 1.82) is 0 Å². The van der Waals surface area contributed by atoms with Crippen molar-refractivity contribution in [2.75, 3.05) is 0 Å². The van der Waals surface area contributed by atoms with E-state index in [0.29, 0.717) is 5.71 Å². The Hall–Kier alpha value is -3.79. The smallest absolute Gasteiger partial charge is 0.227 e. The summed E-state index contributed by atoms with van der Waals surface area (Å²) in [6.45, 7) is 10.4. The molecule has 0 fully saturated rings. The van der Waals surface area contributed by atoms with E-state index in [1.165, 1.54) is 11.1 Å². The molecule has 4 heterocycles. The molecule has 6 rings (SSSR count). The summed E-state index contributed by atoms with van der Waals surface area (Å²) in [6, 6.07) is 16.6. The van der Waals surface area contributed by atoms with E-state index in [-0.39, 0.29) is 12.0 Å². The van der Waals surface area contributed by atoms with Crippen molar-refractivity contribution < 1.29 is 4.42 Å². The Morgan fingerprint density at radius 2 is 1.88 bits per heavy atom. The molecule has 0 saturated heterocycles. The second kappa shape index (κ2) is 7.13. The Kier molecular flexibility index (Phi) is 4.22. The van der Waals surface area contributed by atoms with Crippen LogP contribution in [0.2, 0.25) is 0 Å². The molecule has 0 bridgehead atoms. The fraction of sp³-hybridized carbons (Fsp3) is 0.179. The van der Waals surface area contributed by atoms with Crippen molar-refractivity contribution in [1.82, 2.24) is 4.98 Å². The maximum atomic E-state index is 6.07. The first-order valence-electron chi connectivity index (χ1n) is 11.0. The highest BCUT2D eigenvalue weighted by atomic mass is 16.3. The minimum absolute atomic E-state index is 0.105.